The first-order valence-electron chi connectivity index (χ1n) is 10.9. The summed E-state index contributed by atoms with van der Waals surface area (Å²) in [4.78, 5) is 15.3. The molecule has 3 saturated heterocycles. The molecular formula is C22H35NO3. The smallest absolute Gasteiger partial charge is 0.311 e. The first-order valence-corrected chi connectivity index (χ1v) is 10.9. The van der Waals surface area contributed by atoms with Crippen molar-refractivity contribution < 1.29 is 14.3 Å². The third-order valence-electron chi connectivity index (χ3n) is 8.63. The third kappa shape index (κ3) is 2.30. The third-order valence-corrected chi connectivity index (χ3v) is 8.63. The molecule has 4 heteroatoms. The molecule has 4 nitrogen and oxygen atoms in total. The lowest BCUT2D eigenvalue weighted by atomic mass is 9.53. The van der Waals surface area contributed by atoms with Crippen molar-refractivity contribution in [2.24, 2.45) is 28.6 Å². The van der Waals surface area contributed by atoms with Crippen LogP contribution in [0.1, 0.15) is 66.2 Å². The monoisotopic (exact) mass is 361 g/mol. The van der Waals surface area contributed by atoms with Crippen molar-refractivity contribution in [1.29, 1.82) is 0 Å². The molecule has 7 atom stereocenters. The Morgan fingerprint density at radius 1 is 1.19 bits per heavy atom. The molecule has 3 aliphatic heterocycles. The highest BCUT2D eigenvalue weighted by atomic mass is 16.6. The summed E-state index contributed by atoms with van der Waals surface area (Å²) in [7, 11) is 0. The molecule has 5 rings (SSSR count). The zero-order chi connectivity index (χ0) is 18.3. The first-order chi connectivity index (χ1) is 12.3. The predicted molar refractivity (Wildman–Crippen MR) is 99.7 cm³/mol. The molecule has 0 aromatic heterocycles. The van der Waals surface area contributed by atoms with Gasteiger partial charge in [-0.3, -0.25) is 4.79 Å². The van der Waals surface area contributed by atoms with E-state index < -0.39 is 0 Å². The Balaban J connectivity index is 1.38. The van der Waals surface area contributed by atoms with E-state index in [1.165, 1.54) is 32.1 Å². The van der Waals surface area contributed by atoms with Crippen molar-refractivity contribution in [3.63, 3.8) is 0 Å². The SMILES string of the molecule is C[C@H]1CCC[C@]2(C)C[C@H]3OC(=O)[C@@H](CN4CCCC(C)(C)C4)[C@H]3[C@@H]3O[C@]132. The van der Waals surface area contributed by atoms with Crippen LogP contribution in [0.2, 0.25) is 0 Å². The van der Waals surface area contributed by atoms with Gasteiger partial charge in [0.05, 0.1) is 12.0 Å². The topological polar surface area (TPSA) is 42.1 Å². The lowest BCUT2D eigenvalue weighted by Gasteiger charge is -2.49. The quantitative estimate of drug-likeness (QED) is 0.556. The maximum atomic E-state index is 12.8. The zero-order valence-electron chi connectivity index (χ0n) is 16.9. The Morgan fingerprint density at radius 3 is 2.77 bits per heavy atom. The van der Waals surface area contributed by atoms with E-state index in [1.807, 2.05) is 0 Å². The van der Waals surface area contributed by atoms with Crippen molar-refractivity contribution in [2.75, 3.05) is 19.6 Å². The van der Waals surface area contributed by atoms with Crippen LogP contribution in [-0.4, -0.2) is 48.3 Å². The summed E-state index contributed by atoms with van der Waals surface area (Å²) >= 11 is 0. The van der Waals surface area contributed by atoms with E-state index in [9.17, 15) is 4.79 Å². The molecular weight excluding hydrogens is 326 g/mol. The van der Waals surface area contributed by atoms with E-state index in [1.54, 1.807) is 0 Å². The minimum atomic E-state index is 0.0111. The summed E-state index contributed by atoms with van der Waals surface area (Å²) in [6.07, 6.45) is 7.64. The fraction of sp³-hybridized carbons (Fsp3) is 0.955. The minimum absolute atomic E-state index is 0.0111. The van der Waals surface area contributed by atoms with Crippen LogP contribution < -0.4 is 0 Å². The minimum Gasteiger partial charge on any atom is -0.462 e. The number of hydrogen-bond acceptors (Lipinski definition) is 4. The molecule has 2 aliphatic carbocycles. The summed E-state index contributed by atoms with van der Waals surface area (Å²) in [5.41, 5.74) is 0.582. The molecule has 0 aromatic carbocycles. The number of fused-ring (bicyclic) bond motifs is 2. The molecule has 3 heterocycles. The Bertz CT molecular complexity index is 619. The number of likely N-dealkylation sites (tertiary alicyclic amines) is 1. The normalized spacial score (nSPS) is 52.6. The second-order valence-corrected chi connectivity index (χ2v) is 11.1. The molecule has 1 spiro atoms. The summed E-state index contributed by atoms with van der Waals surface area (Å²) in [5.74, 6) is 0.944. The van der Waals surface area contributed by atoms with Gasteiger partial charge in [0.25, 0.3) is 0 Å². The van der Waals surface area contributed by atoms with Gasteiger partial charge in [-0.1, -0.05) is 34.1 Å². The molecule has 26 heavy (non-hydrogen) atoms. The van der Waals surface area contributed by atoms with Crippen LogP contribution in [0, 0.1) is 28.6 Å². The van der Waals surface area contributed by atoms with Crippen molar-refractivity contribution in [1.82, 2.24) is 4.90 Å². The number of carbonyl (C=O) groups is 1. The van der Waals surface area contributed by atoms with Crippen molar-refractivity contribution in [3.05, 3.63) is 0 Å². The highest BCUT2D eigenvalue weighted by Gasteiger charge is 2.78. The number of piperidine rings is 1. The number of nitrogens with zero attached hydrogens (tertiary/aromatic N) is 1. The average Bonchev–Trinajstić information content (AvgIpc) is 3.22. The van der Waals surface area contributed by atoms with Crippen LogP contribution in [-0.2, 0) is 14.3 Å². The van der Waals surface area contributed by atoms with Crippen LogP contribution in [0.15, 0.2) is 0 Å². The molecule has 0 N–H and O–H groups in total. The summed E-state index contributed by atoms with van der Waals surface area (Å²) in [6, 6.07) is 0. The van der Waals surface area contributed by atoms with Gasteiger partial charge in [-0.05, 0) is 50.0 Å². The Labute approximate surface area is 158 Å². The van der Waals surface area contributed by atoms with Gasteiger partial charge in [-0.25, -0.2) is 0 Å². The zero-order valence-corrected chi connectivity index (χ0v) is 16.9. The van der Waals surface area contributed by atoms with E-state index in [0.29, 0.717) is 11.3 Å². The first kappa shape index (κ1) is 17.5. The molecule has 0 aromatic rings. The summed E-state index contributed by atoms with van der Waals surface area (Å²) in [6.45, 7) is 12.6. The van der Waals surface area contributed by atoms with Gasteiger partial charge < -0.3 is 14.4 Å². The van der Waals surface area contributed by atoms with E-state index in [2.05, 4.69) is 32.6 Å². The molecule has 0 radical (unpaired) electrons. The lowest BCUT2D eigenvalue weighted by Crippen LogP contribution is -2.55. The Morgan fingerprint density at radius 2 is 2.00 bits per heavy atom. The van der Waals surface area contributed by atoms with Crippen LogP contribution in [0.5, 0.6) is 0 Å². The predicted octanol–water partition coefficient (Wildman–Crippen LogP) is 3.63. The molecule has 5 aliphatic rings. The van der Waals surface area contributed by atoms with Crippen molar-refractivity contribution >= 4 is 5.97 Å². The number of hydrogen-bond donors (Lipinski definition) is 0. The number of rotatable bonds is 2. The maximum Gasteiger partial charge on any atom is 0.311 e. The van der Waals surface area contributed by atoms with Crippen LogP contribution in [0.25, 0.3) is 0 Å². The fourth-order valence-electron chi connectivity index (χ4n) is 7.42. The van der Waals surface area contributed by atoms with Gasteiger partial charge in [0.2, 0.25) is 0 Å². The lowest BCUT2D eigenvalue weighted by molar-refractivity contribution is -0.146. The molecule has 2 saturated carbocycles. The van der Waals surface area contributed by atoms with E-state index in [4.69, 9.17) is 9.47 Å². The highest BCUT2D eigenvalue weighted by Crippen LogP contribution is 2.70. The van der Waals surface area contributed by atoms with E-state index >= 15 is 0 Å². The van der Waals surface area contributed by atoms with Gasteiger partial charge >= 0.3 is 5.97 Å². The molecule has 0 bridgehead atoms. The summed E-state index contributed by atoms with van der Waals surface area (Å²) in [5, 5.41) is 0. The van der Waals surface area contributed by atoms with Crippen LogP contribution >= 0.6 is 0 Å². The van der Waals surface area contributed by atoms with Crippen LogP contribution in [0.3, 0.4) is 0 Å². The molecule has 5 fully saturated rings. The number of carbonyl (C=O) groups excluding carboxylic acids is 1. The highest BCUT2D eigenvalue weighted by molar-refractivity contribution is 5.76. The number of ether oxygens (including phenoxy) is 2. The van der Waals surface area contributed by atoms with Crippen molar-refractivity contribution in [3.8, 4) is 0 Å². The van der Waals surface area contributed by atoms with Gasteiger partial charge in [0.1, 0.15) is 11.7 Å². The standard InChI is InChI=1S/C22H35NO3/c1-14-7-5-9-21(4)11-16-17(18-22(14,21)26-18)15(19(24)25-16)12-23-10-6-8-20(2,3)13-23/h14-18H,5-13H2,1-4H3/t14-,15-,16+,17+,18-,21+,22+/m0/s1. The second kappa shape index (κ2) is 5.47. The van der Waals surface area contributed by atoms with Crippen molar-refractivity contribution in [2.45, 2.75) is 84.0 Å². The number of epoxide rings is 1. The Kier molecular flexibility index (Phi) is 3.68. The van der Waals surface area contributed by atoms with Gasteiger partial charge in [-0.2, -0.15) is 0 Å². The Hall–Kier alpha value is -0.610. The van der Waals surface area contributed by atoms with Crippen LogP contribution in [0.4, 0.5) is 0 Å². The van der Waals surface area contributed by atoms with E-state index in [-0.39, 0.29) is 41.0 Å². The van der Waals surface area contributed by atoms with Gasteiger partial charge in [0.15, 0.2) is 0 Å². The largest absolute Gasteiger partial charge is 0.462 e. The average molecular weight is 362 g/mol. The molecule has 0 amide bonds. The molecule has 146 valence electrons. The van der Waals surface area contributed by atoms with Gasteiger partial charge in [0, 0.05) is 24.4 Å². The maximum absolute atomic E-state index is 12.8. The fourth-order valence-corrected chi connectivity index (χ4v) is 7.42. The van der Waals surface area contributed by atoms with Gasteiger partial charge in [-0.15, -0.1) is 0 Å². The summed E-state index contributed by atoms with van der Waals surface area (Å²) < 4.78 is 12.5. The van der Waals surface area contributed by atoms with E-state index in [0.717, 1.165) is 26.1 Å². The second-order valence-electron chi connectivity index (χ2n) is 11.1. The number of esters is 1. The molecule has 0 unspecified atom stereocenters.